The fourth-order valence-corrected chi connectivity index (χ4v) is 8.42. The molecule has 4 saturated heterocycles. The number of carbonyl (C=O) groups is 7. The summed E-state index contributed by atoms with van der Waals surface area (Å²) in [4.78, 5) is 102. The second kappa shape index (κ2) is 18.1. The molecule has 4 aliphatic heterocycles. The average Bonchev–Trinajstić information content (AvgIpc) is 3.78. The van der Waals surface area contributed by atoms with Gasteiger partial charge in [-0.2, -0.15) is 0 Å². The van der Waals surface area contributed by atoms with Crippen LogP contribution in [0.15, 0.2) is 42.5 Å². The molecule has 2 aromatic carbocycles. The van der Waals surface area contributed by atoms with Crippen LogP contribution in [0.2, 0.25) is 0 Å². The van der Waals surface area contributed by atoms with E-state index in [-0.39, 0.29) is 44.0 Å². The fourth-order valence-electron chi connectivity index (χ4n) is 8.42. The van der Waals surface area contributed by atoms with Crippen LogP contribution in [0.25, 0.3) is 0 Å². The van der Waals surface area contributed by atoms with Gasteiger partial charge in [0.25, 0.3) is 0 Å². The Labute approximate surface area is 340 Å². The summed E-state index contributed by atoms with van der Waals surface area (Å²) in [5, 5.41) is 10.5. The monoisotopic (exact) mass is 822 g/mol. The molecular weight excluding hydrogens is 770 g/mol. The molecule has 18 heteroatoms. The number of nitrogens with two attached hydrogens (primary N) is 1. The van der Waals surface area contributed by atoms with Gasteiger partial charge in [-0.15, -0.1) is 0 Å². The number of nitrogens with zero attached hydrogens (tertiary/aromatic N) is 3. The molecule has 9 atom stereocenters. The van der Waals surface area contributed by atoms with Crippen LogP contribution in [0.3, 0.4) is 0 Å². The number of carbonyl (C=O) groups excluding carboxylic acids is 7. The number of halogens is 2. The van der Waals surface area contributed by atoms with Gasteiger partial charge in [-0.1, -0.05) is 24.6 Å². The molecular formula is C41H52F2N8O8. The first kappa shape index (κ1) is 42.9. The number of ether oxygens (including phenoxy) is 1. The van der Waals surface area contributed by atoms with Crippen LogP contribution in [-0.2, 0) is 39.9 Å². The van der Waals surface area contributed by atoms with Crippen molar-refractivity contribution in [1.29, 1.82) is 0 Å². The minimum absolute atomic E-state index is 0.00715. The normalized spacial score (nSPS) is 28.5. The molecule has 9 unspecified atom stereocenters. The number of esters is 1. The molecule has 0 bridgehead atoms. The largest absolute Gasteiger partial charge is 0.458 e. The molecule has 6 N–H and O–H groups in total. The number of rotatable bonds is 6. The summed E-state index contributed by atoms with van der Waals surface area (Å²) in [7, 11) is 0. The van der Waals surface area contributed by atoms with Gasteiger partial charge < -0.3 is 46.4 Å². The average molecular weight is 823 g/mol. The third-order valence-electron chi connectivity index (χ3n) is 11.4. The zero-order valence-corrected chi connectivity index (χ0v) is 33.5. The summed E-state index contributed by atoms with van der Waals surface area (Å²) in [6.07, 6.45) is -0.0397. The summed E-state index contributed by atoms with van der Waals surface area (Å²) in [5.74, 6) is -6.26. The number of cyclic esters (lactones) is 1. The lowest BCUT2D eigenvalue weighted by molar-refractivity contribution is -0.163. The van der Waals surface area contributed by atoms with Crippen LogP contribution in [0.5, 0.6) is 0 Å². The van der Waals surface area contributed by atoms with Crippen molar-refractivity contribution < 1.29 is 47.1 Å². The maximum atomic E-state index is 14.8. The number of nitrogens with one attached hydrogen (secondary N) is 4. The maximum absolute atomic E-state index is 14.8. The van der Waals surface area contributed by atoms with E-state index in [2.05, 4.69) is 21.3 Å². The van der Waals surface area contributed by atoms with Gasteiger partial charge in [0.1, 0.15) is 54.0 Å². The van der Waals surface area contributed by atoms with Crippen LogP contribution in [0.4, 0.5) is 19.3 Å². The highest BCUT2D eigenvalue weighted by Crippen LogP contribution is 2.29. The minimum atomic E-state index is -1.68. The number of benzene rings is 2. The van der Waals surface area contributed by atoms with E-state index in [4.69, 9.17) is 10.5 Å². The van der Waals surface area contributed by atoms with E-state index >= 15 is 0 Å². The van der Waals surface area contributed by atoms with E-state index in [1.807, 2.05) is 13.8 Å². The lowest BCUT2D eigenvalue weighted by Crippen LogP contribution is -2.63. The SMILES string of the molecule is Cc1ccc(NC(=O)NC(Cc2cc(F)cc(F)c2)C(=O)NC2C(=O)N3CC(N)CC3C(=O)N3CCCCC3C(=O)NC(C)C(=O)N3CC(C)CC3C(=O)OC2C)cc1. The van der Waals surface area contributed by atoms with E-state index in [1.165, 1.54) is 28.5 Å². The molecule has 0 aliphatic carbocycles. The number of urea groups is 1. The lowest BCUT2D eigenvalue weighted by atomic mass is 9.98. The van der Waals surface area contributed by atoms with Gasteiger partial charge in [-0.3, -0.25) is 24.0 Å². The van der Waals surface area contributed by atoms with Crippen molar-refractivity contribution in [2.24, 2.45) is 11.7 Å². The Balaban J connectivity index is 1.35. The van der Waals surface area contributed by atoms with Crippen LogP contribution in [0.1, 0.15) is 64.0 Å². The van der Waals surface area contributed by atoms with Crippen molar-refractivity contribution in [2.75, 3.05) is 25.0 Å². The Morgan fingerprint density at radius 1 is 0.864 bits per heavy atom. The quantitative estimate of drug-likeness (QED) is 0.267. The highest BCUT2D eigenvalue weighted by molar-refractivity contribution is 5.99. The molecule has 6 rings (SSSR count). The molecule has 4 fully saturated rings. The van der Waals surface area contributed by atoms with Crippen molar-refractivity contribution in [2.45, 2.75) is 115 Å². The van der Waals surface area contributed by atoms with Crippen molar-refractivity contribution >= 4 is 47.2 Å². The van der Waals surface area contributed by atoms with Gasteiger partial charge in [-0.05, 0) is 88.6 Å². The maximum Gasteiger partial charge on any atom is 0.329 e. The molecule has 0 radical (unpaired) electrons. The van der Waals surface area contributed by atoms with E-state index in [1.54, 1.807) is 24.3 Å². The third-order valence-corrected chi connectivity index (χ3v) is 11.4. The second-order valence-electron chi connectivity index (χ2n) is 16.3. The first-order chi connectivity index (χ1) is 28.0. The first-order valence-corrected chi connectivity index (χ1v) is 20.1. The molecule has 4 aliphatic rings. The molecule has 0 aromatic heterocycles. The number of piperidine rings is 1. The second-order valence-corrected chi connectivity index (χ2v) is 16.3. The van der Waals surface area contributed by atoms with Crippen LogP contribution in [0, 0.1) is 24.5 Å². The Bertz CT molecular complexity index is 1950. The van der Waals surface area contributed by atoms with E-state index in [9.17, 15) is 42.3 Å². The molecule has 0 spiro atoms. The van der Waals surface area contributed by atoms with Gasteiger partial charge in [0, 0.05) is 43.9 Å². The number of fused-ring (bicyclic) bond motifs is 3. The topological polar surface area (TPSA) is 213 Å². The highest BCUT2D eigenvalue weighted by Gasteiger charge is 2.48. The van der Waals surface area contributed by atoms with Crippen molar-refractivity contribution in [3.8, 4) is 0 Å². The Morgan fingerprint density at radius 2 is 1.54 bits per heavy atom. The Kier molecular flexibility index (Phi) is 13.2. The smallest absolute Gasteiger partial charge is 0.329 e. The summed E-state index contributed by atoms with van der Waals surface area (Å²) < 4.78 is 34.6. The minimum Gasteiger partial charge on any atom is -0.458 e. The number of aryl methyl sites for hydroxylation is 1. The van der Waals surface area contributed by atoms with Gasteiger partial charge in [0.05, 0.1) is 0 Å². The standard InChI is InChI=1S/C41H52F2N8O8/c1-21-8-10-29(11-9-21)46-41(58)47-30(16-25-14-26(42)17-27(43)15-25)35(52)48-34-24(4)59-40(57)33-13-22(2)19-50(33)37(54)23(3)45-36(53)31-7-5-6-12-49(31)38(55)32-18-28(44)20-51(32)39(34)56/h8-11,14-15,17,22-24,28,30-34H,5-7,12-13,16,18-20,44H2,1-4H3,(H,45,53)(H,48,52)(H2,46,47,58). The summed E-state index contributed by atoms with van der Waals surface area (Å²) in [6.45, 7) is 6.88. The van der Waals surface area contributed by atoms with Gasteiger partial charge in [-0.25, -0.2) is 18.4 Å². The van der Waals surface area contributed by atoms with E-state index in [0.29, 0.717) is 31.0 Å². The number of amides is 7. The zero-order valence-electron chi connectivity index (χ0n) is 33.5. The summed E-state index contributed by atoms with van der Waals surface area (Å²) in [6, 6.07) is 0.458. The van der Waals surface area contributed by atoms with Gasteiger partial charge >= 0.3 is 12.0 Å². The molecule has 16 nitrogen and oxygen atoms in total. The molecule has 4 heterocycles. The van der Waals surface area contributed by atoms with Crippen LogP contribution in [-0.4, -0.2) is 124 Å². The van der Waals surface area contributed by atoms with E-state index in [0.717, 1.165) is 17.7 Å². The van der Waals surface area contributed by atoms with Gasteiger partial charge in [0.15, 0.2) is 0 Å². The molecule has 318 valence electrons. The zero-order chi connectivity index (χ0) is 42.7. The molecule has 7 amide bonds. The number of hydrogen-bond acceptors (Lipinski definition) is 9. The Hall–Kier alpha value is -5.65. The van der Waals surface area contributed by atoms with Crippen LogP contribution < -0.4 is 27.0 Å². The fraction of sp³-hybridized carbons (Fsp3) is 0.537. The predicted molar refractivity (Wildman–Crippen MR) is 209 cm³/mol. The number of anilines is 1. The summed E-state index contributed by atoms with van der Waals surface area (Å²) >= 11 is 0. The summed E-state index contributed by atoms with van der Waals surface area (Å²) in [5.41, 5.74) is 7.68. The van der Waals surface area contributed by atoms with Crippen molar-refractivity contribution in [3.05, 3.63) is 65.2 Å². The molecule has 59 heavy (non-hydrogen) atoms. The third kappa shape index (κ3) is 9.97. The molecule has 2 aromatic rings. The highest BCUT2D eigenvalue weighted by atomic mass is 19.1. The Morgan fingerprint density at radius 3 is 2.24 bits per heavy atom. The number of hydrogen-bond donors (Lipinski definition) is 5. The van der Waals surface area contributed by atoms with Crippen molar-refractivity contribution in [3.63, 3.8) is 0 Å². The van der Waals surface area contributed by atoms with Crippen LogP contribution >= 0.6 is 0 Å². The van der Waals surface area contributed by atoms with Crippen molar-refractivity contribution in [1.82, 2.24) is 30.7 Å². The lowest BCUT2D eigenvalue weighted by Gasteiger charge is -2.39. The van der Waals surface area contributed by atoms with Gasteiger partial charge in [0.2, 0.25) is 29.5 Å². The predicted octanol–water partition coefficient (Wildman–Crippen LogP) is 1.49. The first-order valence-electron chi connectivity index (χ1n) is 20.1. The molecule has 0 saturated carbocycles. The van der Waals surface area contributed by atoms with E-state index < -0.39 is 108 Å².